The molecule has 0 aliphatic heterocycles. The molecule has 1 unspecified atom stereocenters. The molecule has 0 saturated heterocycles. The van der Waals surface area contributed by atoms with E-state index >= 15 is 0 Å². The molecule has 3 N–H and O–H groups in total. The Kier molecular flexibility index (Phi) is 5.26. The van der Waals surface area contributed by atoms with Crippen LogP contribution in [0.3, 0.4) is 0 Å². The number of aromatic nitrogens is 2. The number of rotatable bonds is 6. The summed E-state index contributed by atoms with van der Waals surface area (Å²) in [4.78, 5) is 8.70. The Morgan fingerprint density at radius 2 is 1.68 bits per heavy atom. The highest BCUT2D eigenvalue weighted by Gasteiger charge is 2.10. The van der Waals surface area contributed by atoms with E-state index in [1.165, 1.54) is 0 Å². The first-order valence-corrected chi connectivity index (χ1v) is 8.26. The highest BCUT2D eigenvalue weighted by molar-refractivity contribution is 5.58. The van der Waals surface area contributed by atoms with Crippen LogP contribution in [0.5, 0.6) is 0 Å². The molecule has 0 bridgehead atoms. The van der Waals surface area contributed by atoms with Gasteiger partial charge in [0.25, 0.3) is 0 Å². The number of aliphatic hydroxyl groups excluding tert-OH is 1. The first-order chi connectivity index (χ1) is 12.1. The van der Waals surface area contributed by atoms with Crippen LogP contribution in [-0.4, -0.2) is 21.6 Å². The van der Waals surface area contributed by atoms with Gasteiger partial charge in [0.15, 0.2) is 0 Å². The van der Waals surface area contributed by atoms with Crippen molar-refractivity contribution in [2.45, 2.75) is 20.0 Å². The molecule has 128 valence electrons. The predicted octanol–water partition coefficient (Wildman–Crippen LogP) is 3.98. The summed E-state index contributed by atoms with van der Waals surface area (Å²) in [5, 5.41) is 16.8. The van der Waals surface area contributed by atoms with Gasteiger partial charge in [0.2, 0.25) is 5.95 Å². The molecular weight excluding hydrogens is 312 g/mol. The maximum atomic E-state index is 10.4. The first kappa shape index (κ1) is 16.9. The molecule has 5 heteroatoms. The SMILES string of the molecule is Cc1ccccc1Nc1nccc(NCC(O)c2ccccc2C)n1. The largest absolute Gasteiger partial charge is 0.387 e. The fourth-order valence-electron chi connectivity index (χ4n) is 2.62. The van der Waals surface area contributed by atoms with Gasteiger partial charge in [-0.05, 0) is 42.7 Å². The van der Waals surface area contributed by atoms with Gasteiger partial charge < -0.3 is 15.7 Å². The number of para-hydroxylation sites is 1. The second-order valence-electron chi connectivity index (χ2n) is 5.96. The van der Waals surface area contributed by atoms with Crippen LogP contribution < -0.4 is 10.6 Å². The quantitative estimate of drug-likeness (QED) is 0.636. The van der Waals surface area contributed by atoms with E-state index in [0.29, 0.717) is 18.3 Å². The van der Waals surface area contributed by atoms with E-state index in [0.717, 1.165) is 22.4 Å². The minimum Gasteiger partial charge on any atom is -0.387 e. The Balaban J connectivity index is 1.66. The third kappa shape index (κ3) is 4.33. The molecule has 0 saturated carbocycles. The Morgan fingerprint density at radius 1 is 0.960 bits per heavy atom. The van der Waals surface area contributed by atoms with E-state index in [9.17, 15) is 5.11 Å². The number of hydrogen-bond donors (Lipinski definition) is 3. The lowest BCUT2D eigenvalue weighted by Gasteiger charge is -2.15. The van der Waals surface area contributed by atoms with Crippen LogP contribution >= 0.6 is 0 Å². The van der Waals surface area contributed by atoms with Crippen LogP contribution in [0.15, 0.2) is 60.8 Å². The van der Waals surface area contributed by atoms with Crippen molar-refractivity contribution in [1.82, 2.24) is 9.97 Å². The van der Waals surface area contributed by atoms with Crippen molar-refractivity contribution < 1.29 is 5.11 Å². The molecule has 0 aliphatic rings. The fraction of sp³-hybridized carbons (Fsp3) is 0.200. The van der Waals surface area contributed by atoms with Gasteiger partial charge in [-0.3, -0.25) is 0 Å². The van der Waals surface area contributed by atoms with Gasteiger partial charge in [-0.25, -0.2) is 4.98 Å². The molecule has 5 nitrogen and oxygen atoms in total. The molecule has 3 rings (SSSR count). The Labute approximate surface area is 147 Å². The number of aliphatic hydroxyl groups is 1. The molecule has 0 aliphatic carbocycles. The second kappa shape index (κ2) is 7.77. The summed E-state index contributed by atoms with van der Waals surface area (Å²) in [6, 6.07) is 17.6. The van der Waals surface area contributed by atoms with Crippen molar-refractivity contribution in [2.24, 2.45) is 0 Å². The van der Waals surface area contributed by atoms with Crippen molar-refractivity contribution >= 4 is 17.5 Å². The van der Waals surface area contributed by atoms with Crippen molar-refractivity contribution in [3.63, 3.8) is 0 Å². The van der Waals surface area contributed by atoms with E-state index in [4.69, 9.17) is 0 Å². The van der Waals surface area contributed by atoms with E-state index in [-0.39, 0.29) is 0 Å². The summed E-state index contributed by atoms with van der Waals surface area (Å²) in [6.45, 7) is 4.40. The molecule has 1 aromatic heterocycles. The number of nitrogens with one attached hydrogen (secondary N) is 2. The zero-order valence-corrected chi connectivity index (χ0v) is 14.4. The Morgan fingerprint density at radius 3 is 2.44 bits per heavy atom. The molecule has 0 spiro atoms. The van der Waals surface area contributed by atoms with Crippen LogP contribution in [0.4, 0.5) is 17.5 Å². The van der Waals surface area contributed by atoms with Crippen LogP contribution in [0, 0.1) is 13.8 Å². The summed E-state index contributed by atoms with van der Waals surface area (Å²) in [7, 11) is 0. The Hall–Kier alpha value is -2.92. The van der Waals surface area contributed by atoms with E-state index in [1.807, 2.05) is 62.4 Å². The zero-order chi connectivity index (χ0) is 17.6. The van der Waals surface area contributed by atoms with Gasteiger partial charge >= 0.3 is 0 Å². The lowest BCUT2D eigenvalue weighted by molar-refractivity contribution is 0.191. The molecule has 25 heavy (non-hydrogen) atoms. The van der Waals surface area contributed by atoms with Crippen molar-refractivity contribution in [1.29, 1.82) is 0 Å². The molecule has 1 atom stereocenters. The second-order valence-corrected chi connectivity index (χ2v) is 5.96. The smallest absolute Gasteiger partial charge is 0.229 e. The lowest BCUT2D eigenvalue weighted by atomic mass is 10.0. The molecular formula is C20H22N4O. The monoisotopic (exact) mass is 334 g/mol. The third-order valence-corrected chi connectivity index (χ3v) is 4.07. The topological polar surface area (TPSA) is 70.1 Å². The van der Waals surface area contributed by atoms with Gasteiger partial charge in [0.1, 0.15) is 5.82 Å². The number of anilines is 3. The first-order valence-electron chi connectivity index (χ1n) is 8.26. The van der Waals surface area contributed by atoms with Crippen LogP contribution in [0.2, 0.25) is 0 Å². The summed E-state index contributed by atoms with van der Waals surface area (Å²) in [6.07, 6.45) is 1.10. The van der Waals surface area contributed by atoms with E-state index in [1.54, 1.807) is 12.3 Å². The standard InChI is InChI=1S/C20H22N4O/c1-14-7-3-5-9-16(14)18(25)13-22-19-11-12-21-20(24-19)23-17-10-6-4-8-15(17)2/h3-12,18,25H,13H2,1-2H3,(H2,21,22,23,24). The Bertz CT molecular complexity index is 850. The molecule has 0 radical (unpaired) electrons. The van der Waals surface area contributed by atoms with Crippen molar-refractivity contribution in [2.75, 3.05) is 17.2 Å². The zero-order valence-electron chi connectivity index (χ0n) is 14.4. The lowest BCUT2D eigenvalue weighted by Crippen LogP contribution is -2.14. The summed E-state index contributed by atoms with van der Waals surface area (Å²) >= 11 is 0. The number of aryl methyl sites for hydroxylation is 2. The molecule has 0 amide bonds. The van der Waals surface area contributed by atoms with Crippen LogP contribution in [-0.2, 0) is 0 Å². The molecule has 0 fully saturated rings. The molecule has 1 heterocycles. The van der Waals surface area contributed by atoms with Crippen LogP contribution in [0.25, 0.3) is 0 Å². The maximum absolute atomic E-state index is 10.4. The van der Waals surface area contributed by atoms with Gasteiger partial charge in [0, 0.05) is 18.4 Å². The minimum absolute atomic E-state index is 0.381. The van der Waals surface area contributed by atoms with Gasteiger partial charge in [-0.2, -0.15) is 4.98 Å². The molecule has 2 aromatic carbocycles. The summed E-state index contributed by atoms with van der Waals surface area (Å²) < 4.78 is 0. The van der Waals surface area contributed by atoms with Gasteiger partial charge in [0.05, 0.1) is 6.10 Å². The normalized spacial score (nSPS) is 11.8. The fourth-order valence-corrected chi connectivity index (χ4v) is 2.62. The van der Waals surface area contributed by atoms with Crippen LogP contribution in [0.1, 0.15) is 22.8 Å². The predicted molar refractivity (Wildman–Crippen MR) is 101 cm³/mol. The highest BCUT2D eigenvalue weighted by atomic mass is 16.3. The maximum Gasteiger partial charge on any atom is 0.229 e. The average Bonchev–Trinajstić information content (AvgIpc) is 2.62. The summed E-state index contributed by atoms with van der Waals surface area (Å²) in [5.74, 6) is 1.18. The van der Waals surface area contributed by atoms with E-state index in [2.05, 4.69) is 20.6 Å². The van der Waals surface area contributed by atoms with E-state index < -0.39 is 6.10 Å². The number of nitrogens with zero attached hydrogens (tertiary/aromatic N) is 2. The third-order valence-electron chi connectivity index (χ3n) is 4.07. The summed E-state index contributed by atoms with van der Waals surface area (Å²) in [5.41, 5.74) is 4.09. The minimum atomic E-state index is -0.594. The van der Waals surface area contributed by atoms with Gasteiger partial charge in [-0.1, -0.05) is 42.5 Å². The number of hydrogen-bond acceptors (Lipinski definition) is 5. The number of benzene rings is 2. The van der Waals surface area contributed by atoms with Gasteiger partial charge in [-0.15, -0.1) is 0 Å². The molecule has 3 aromatic rings. The highest BCUT2D eigenvalue weighted by Crippen LogP contribution is 2.20. The average molecular weight is 334 g/mol. The van der Waals surface area contributed by atoms with Crippen molar-refractivity contribution in [3.05, 3.63) is 77.5 Å². The van der Waals surface area contributed by atoms with Crippen molar-refractivity contribution in [3.8, 4) is 0 Å².